The molecule has 144 valence electrons. The molecule has 1 unspecified atom stereocenters. The second-order valence-electron chi connectivity index (χ2n) is 5.98. The Bertz CT molecular complexity index is 1160. The fraction of sp³-hybridized carbons (Fsp3) is 0.0556. The molecule has 0 fully saturated rings. The van der Waals surface area contributed by atoms with E-state index in [1.54, 1.807) is 41.6 Å². The number of aliphatic imine (C=N–C) groups is 1. The van der Waals surface area contributed by atoms with Crippen LogP contribution in [0.25, 0.3) is 0 Å². The summed E-state index contributed by atoms with van der Waals surface area (Å²) in [5, 5.41) is 0.136. The molecule has 10 heteroatoms. The van der Waals surface area contributed by atoms with Crippen molar-refractivity contribution in [2.24, 2.45) is 10.7 Å². The summed E-state index contributed by atoms with van der Waals surface area (Å²) in [6.45, 7) is 0. The number of nitrogens with one attached hydrogen (secondary N) is 1. The number of furan rings is 1. The average Bonchev–Trinajstić information content (AvgIpc) is 3.14. The third-order valence-electron chi connectivity index (χ3n) is 4.22. The topological polar surface area (TPSA) is 101 Å². The Hall–Kier alpha value is -2.52. The van der Waals surface area contributed by atoms with Gasteiger partial charge in [0.1, 0.15) is 17.4 Å². The SMILES string of the molecule is NC1c2ccoc2N=CN1c1ccc(NS(=O)(=O)c2cccc(Cl)c2Cl)cc1. The summed E-state index contributed by atoms with van der Waals surface area (Å²) in [5.41, 5.74) is 8.13. The molecule has 0 saturated carbocycles. The van der Waals surface area contributed by atoms with Gasteiger partial charge in [0.05, 0.1) is 21.9 Å². The minimum atomic E-state index is -3.89. The molecule has 0 bridgehead atoms. The lowest BCUT2D eigenvalue weighted by Crippen LogP contribution is -2.35. The average molecular weight is 437 g/mol. The highest BCUT2D eigenvalue weighted by Crippen LogP contribution is 2.34. The Labute approximate surface area is 171 Å². The maximum Gasteiger partial charge on any atom is 0.263 e. The van der Waals surface area contributed by atoms with Crippen molar-refractivity contribution in [3.05, 3.63) is 70.4 Å². The van der Waals surface area contributed by atoms with Crippen LogP contribution in [0, 0.1) is 0 Å². The van der Waals surface area contributed by atoms with Crippen LogP contribution in [0.3, 0.4) is 0 Å². The van der Waals surface area contributed by atoms with Gasteiger partial charge in [0.25, 0.3) is 10.0 Å². The Kier molecular flexibility index (Phi) is 4.80. The number of nitrogens with zero attached hydrogens (tertiary/aromatic N) is 2. The summed E-state index contributed by atoms with van der Waals surface area (Å²) in [7, 11) is -3.89. The van der Waals surface area contributed by atoms with E-state index in [0.29, 0.717) is 11.6 Å². The van der Waals surface area contributed by atoms with Gasteiger partial charge in [0.15, 0.2) is 0 Å². The third-order valence-corrected chi connectivity index (χ3v) is 6.57. The molecule has 2 aromatic carbocycles. The molecule has 3 aromatic rings. The lowest BCUT2D eigenvalue weighted by molar-refractivity contribution is 0.567. The standard InChI is InChI=1S/C18H14Cl2N4O3S/c19-14-2-1-3-15(16(14)20)28(25,26)23-11-4-6-12(7-5-11)24-10-22-18-13(17(24)21)8-9-27-18/h1-10,17,23H,21H2. The van der Waals surface area contributed by atoms with Gasteiger partial charge in [0.2, 0.25) is 5.88 Å². The van der Waals surface area contributed by atoms with Crippen molar-refractivity contribution >= 4 is 56.8 Å². The van der Waals surface area contributed by atoms with Gasteiger partial charge in [-0.05, 0) is 42.5 Å². The summed E-state index contributed by atoms with van der Waals surface area (Å²) >= 11 is 11.9. The molecule has 7 nitrogen and oxygen atoms in total. The second-order valence-corrected chi connectivity index (χ2v) is 8.42. The predicted molar refractivity (Wildman–Crippen MR) is 110 cm³/mol. The highest BCUT2D eigenvalue weighted by atomic mass is 35.5. The van der Waals surface area contributed by atoms with Crippen molar-refractivity contribution in [1.82, 2.24) is 0 Å². The first-order chi connectivity index (χ1) is 13.4. The fourth-order valence-corrected chi connectivity index (χ4v) is 4.63. The zero-order valence-electron chi connectivity index (χ0n) is 14.2. The minimum absolute atomic E-state index is 0.0281. The number of fused-ring (bicyclic) bond motifs is 1. The van der Waals surface area contributed by atoms with E-state index in [9.17, 15) is 8.42 Å². The van der Waals surface area contributed by atoms with Crippen LogP contribution in [0.4, 0.5) is 17.3 Å². The summed E-state index contributed by atoms with van der Waals surface area (Å²) < 4.78 is 32.9. The second kappa shape index (κ2) is 7.14. The van der Waals surface area contributed by atoms with Crippen molar-refractivity contribution in [2.45, 2.75) is 11.1 Å². The van der Waals surface area contributed by atoms with Crippen LogP contribution in [0.5, 0.6) is 0 Å². The third kappa shape index (κ3) is 3.35. The molecule has 0 amide bonds. The van der Waals surface area contributed by atoms with E-state index in [4.69, 9.17) is 33.4 Å². The molecule has 0 spiro atoms. The molecule has 2 heterocycles. The molecule has 1 aromatic heterocycles. The zero-order chi connectivity index (χ0) is 19.9. The van der Waals surface area contributed by atoms with E-state index in [-0.39, 0.29) is 14.9 Å². The van der Waals surface area contributed by atoms with Crippen molar-refractivity contribution in [3.63, 3.8) is 0 Å². The van der Waals surface area contributed by atoms with E-state index >= 15 is 0 Å². The molecular weight excluding hydrogens is 423 g/mol. The Balaban J connectivity index is 1.56. The normalized spacial score (nSPS) is 16.1. The number of anilines is 2. The molecule has 4 rings (SSSR count). The maximum absolute atomic E-state index is 12.6. The number of nitrogens with two attached hydrogens (primary N) is 1. The first-order valence-corrected chi connectivity index (χ1v) is 10.3. The van der Waals surface area contributed by atoms with E-state index in [1.165, 1.54) is 24.5 Å². The Morgan fingerprint density at radius 2 is 1.86 bits per heavy atom. The van der Waals surface area contributed by atoms with E-state index in [1.807, 2.05) is 0 Å². The monoisotopic (exact) mass is 436 g/mol. The molecule has 1 aliphatic rings. The molecule has 0 aliphatic carbocycles. The quantitative estimate of drug-likeness (QED) is 0.625. The maximum atomic E-state index is 12.6. The minimum Gasteiger partial charge on any atom is -0.446 e. The van der Waals surface area contributed by atoms with Gasteiger partial charge in [0, 0.05) is 11.4 Å². The van der Waals surface area contributed by atoms with Gasteiger partial charge in [-0.25, -0.2) is 13.4 Å². The van der Waals surface area contributed by atoms with Crippen molar-refractivity contribution < 1.29 is 12.8 Å². The molecule has 28 heavy (non-hydrogen) atoms. The molecule has 0 saturated heterocycles. The zero-order valence-corrected chi connectivity index (χ0v) is 16.5. The summed E-state index contributed by atoms with van der Waals surface area (Å²) in [4.78, 5) is 5.88. The molecule has 1 atom stereocenters. The number of halogens is 2. The highest BCUT2D eigenvalue weighted by Gasteiger charge is 2.25. The lowest BCUT2D eigenvalue weighted by Gasteiger charge is -2.29. The van der Waals surface area contributed by atoms with Gasteiger partial charge in [-0.3, -0.25) is 4.72 Å². The Morgan fingerprint density at radius 3 is 2.61 bits per heavy atom. The van der Waals surface area contributed by atoms with Crippen LogP contribution in [0.1, 0.15) is 11.7 Å². The smallest absolute Gasteiger partial charge is 0.263 e. The first-order valence-electron chi connectivity index (χ1n) is 8.09. The van der Waals surface area contributed by atoms with Crippen LogP contribution < -0.4 is 15.4 Å². The van der Waals surface area contributed by atoms with Crippen LogP contribution in [-0.2, 0) is 10.0 Å². The largest absolute Gasteiger partial charge is 0.446 e. The highest BCUT2D eigenvalue weighted by molar-refractivity contribution is 7.92. The van der Waals surface area contributed by atoms with Gasteiger partial charge in [-0.1, -0.05) is 29.3 Å². The predicted octanol–water partition coefficient (Wildman–Crippen LogP) is 4.52. The number of sulfonamides is 1. The first kappa shape index (κ1) is 18.8. The van der Waals surface area contributed by atoms with Crippen molar-refractivity contribution in [1.29, 1.82) is 0 Å². The van der Waals surface area contributed by atoms with Gasteiger partial charge < -0.3 is 15.1 Å². The summed E-state index contributed by atoms with van der Waals surface area (Å²) in [6.07, 6.45) is 2.64. The van der Waals surface area contributed by atoms with Gasteiger partial charge in [-0.15, -0.1) is 0 Å². The van der Waals surface area contributed by atoms with E-state index in [2.05, 4.69) is 9.71 Å². The number of benzene rings is 2. The van der Waals surface area contributed by atoms with Crippen molar-refractivity contribution in [3.8, 4) is 0 Å². The van der Waals surface area contributed by atoms with Crippen LogP contribution in [0.2, 0.25) is 10.0 Å². The molecule has 0 radical (unpaired) electrons. The number of hydrogen-bond acceptors (Lipinski definition) is 6. The van der Waals surface area contributed by atoms with Crippen LogP contribution in [0.15, 0.2) is 69.1 Å². The van der Waals surface area contributed by atoms with E-state index in [0.717, 1.165) is 11.3 Å². The van der Waals surface area contributed by atoms with Gasteiger partial charge >= 0.3 is 0 Å². The Morgan fingerprint density at radius 1 is 1.11 bits per heavy atom. The molecule has 3 N–H and O–H groups in total. The van der Waals surface area contributed by atoms with Gasteiger partial charge in [-0.2, -0.15) is 0 Å². The lowest BCUT2D eigenvalue weighted by atomic mass is 10.2. The molecule has 1 aliphatic heterocycles. The van der Waals surface area contributed by atoms with E-state index < -0.39 is 16.2 Å². The summed E-state index contributed by atoms with van der Waals surface area (Å²) in [5.74, 6) is 0.478. The van der Waals surface area contributed by atoms with Crippen LogP contribution in [-0.4, -0.2) is 14.8 Å². The fourth-order valence-electron chi connectivity index (χ4n) is 2.81. The number of hydrogen-bond donors (Lipinski definition) is 2. The van der Waals surface area contributed by atoms with Crippen molar-refractivity contribution in [2.75, 3.05) is 9.62 Å². The molecular formula is C18H14Cl2N4O3S. The van der Waals surface area contributed by atoms with Crippen LogP contribution >= 0.6 is 23.2 Å². The summed E-state index contributed by atoms with van der Waals surface area (Å²) in [6, 6.07) is 12.9. The number of rotatable bonds is 4.